The molecule has 0 aliphatic heterocycles. The monoisotopic (exact) mass is 298 g/mol. The zero-order chi connectivity index (χ0) is 14.7. The van der Waals surface area contributed by atoms with Crippen LogP contribution in [-0.2, 0) is 6.54 Å². The zero-order valence-electron chi connectivity index (χ0n) is 11.0. The number of benzene rings is 1. The fraction of sp³-hybridized carbons (Fsp3) is 0.0667. The minimum atomic E-state index is -0.299. The van der Waals surface area contributed by atoms with Crippen molar-refractivity contribution >= 4 is 28.4 Å². The lowest BCUT2D eigenvalue weighted by Crippen LogP contribution is -2.24. The van der Waals surface area contributed by atoms with Crippen molar-refractivity contribution < 1.29 is 4.79 Å². The molecule has 1 aromatic carbocycles. The first kappa shape index (κ1) is 13.5. The van der Waals surface area contributed by atoms with E-state index in [2.05, 4.69) is 20.3 Å². The van der Waals surface area contributed by atoms with Gasteiger partial charge in [-0.05, 0) is 11.6 Å². The predicted octanol–water partition coefficient (Wildman–Crippen LogP) is 2.61. The number of fused-ring (bicyclic) bond motifs is 1. The third kappa shape index (κ3) is 2.98. The maximum absolute atomic E-state index is 12.0. The Labute approximate surface area is 126 Å². The van der Waals surface area contributed by atoms with Crippen molar-refractivity contribution in [3.63, 3.8) is 0 Å². The van der Waals surface area contributed by atoms with Gasteiger partial charge >= 0.3 is 0 Å². The second-order valence-electron chi connectivity index (χ2n) is 4.40. The van der Waals surface area contributed by atoms with Gasteiger partial charge in [0.2, 0.25) is 0 Å². The zero-order valence-corrected chi connectivity index (χ0v) is 11.7. The van der Waals surface area contributed by atoms with Gasteiger partial charge in [0, 0.05) is 18.1 Å². The van der Waals surface area contributed by atoms with Crippen LogP contribution in [0.4, 0.5) is 0 Å². The van der Waals surface area contributed by atoms with E-state index >= 15 is 0 Å². The van der Waals surface area contributed by atoms with Gasteiger partial charge in [-0.2, -0.15) is 0 Å². The molecule has 2 aromatic heterocycles. The van der Waals surface area contributed by atoms with Crippen LogP contribution in [0.1, 0.15) is 16.1 Å². The van der Waals surface area contributed by atoms with Crippen LogP contribution in [0.3, 0.4) is 0 Å². The molecule has 3 aromatic rings. The molecule has 2 heterocycles. The molecule has 1 N–H and O–H groups in total. The van der Waals surface area contributed by atoms with E-state index in [1.165, 1.54) is 12.4 Å². The topological polar surface area (TPSA) is 67.8 Å². The summed E-state index contributed by atoms with van der Waals surface area (Å²) in [7, 11) is 0. The number of carbonyl (C=O) groups is 1. The van der Waals surface area contributed by atoms with Gasteiger partial charge in [0.05, 0.1) is 17.9 Å². The number of pyridine rings is 1. The number of nitrogens with zero attached hydrogens (tertiary/aromatic N) is 3. The molecule has 5 nitrogen and oxygen atoms in total. The Morgan fingerprint density at radius 3 is 2.76 bits per heavy atom. The van der Waals surface area contributed by atoms with Gasteiger partial charge in [0.1, 0.15) is 10.8 Å². The number of rotatable bonds is 3. The molecule has 0 aliphatic rings. The van der Waals surface area contributed by atoms with Crippen molar-refractivity contribution in [3.8, 4) is 0 Å². The van der Waals surface area contributed by atoms with Crippen LogP contribution < -0.4 is 5.32 Å². The van der Waals surface area contributed by atoms with Crippen molar-refractivity contribution in [2.75, 3.05) is 0 Å². The van der Waals surface area contributed by atoms with Crippen LogP contribution >= 0.6 is 11.6 Å². The Kier molecular flexibility index (Phi) is 3.75. The minimum absolute atomic E-state index is 0.229. The maximum atomic E-state index is 12.0. The molecule has 3 rings (SSSR count). The highest BCUT2D eigenvalue weighted by Gasteiger charge is 2.08. The summed E-state index contributed by atoms with van der Waals surface area (Å²) < 4.78 is 0. The number of hydrogen-bond acceptors (Lipinski definition) is 4. The summed E-state index contributed by atoms with van der Waals surface area (Å²) in [6, 6.07) is 9.72. The Hall–Kier alpha value is -2.53. The Morgan fingerprint density at radius 1 is 1.10 bits per heavy atom. The summed E-state index contributed by atoms with van der Waals surface area (Å²) in [5.41, 5.74) is 2.05. The lowest BCUT2D eigenvalue weighted by Gasteiger charge is -2.07. The normalized spacial score (nSPS) is 10.5. The van der Waals surface area contributed by atoms with Crippen molar-refractivity contribution in [3.05, 3.63) is 65.3 Å². The summed E-state index contributed by atoms with van der Waals surface area (Å²) in [5.74, 6) is -0.299. The van der Waals surface area contributed by atoms with Crippen LogP contribution in [0.2, 0.25) is 5.15 Å². The first-order chi connectivity index (χ1) is 10.2. The van der Waals surface area contributed by atoms with Gasteiger partial charge in [-0.15, -0.1) is 0 Å². The Balaban J connectivity index is 1.77. The van der Waals surface area contributed by atoms with Gasteiger partial charge < -0.3 is 5.32 Å². The minimum Gasteiger partial charge on any atom is -0.346 e. The number of para-hydroxylation sites is 1. The average molecular weight is 299 g/mol. The van der Waals surface area contributed by atoms with Crippen LogP contribution in [-0.4, -0.2) is 20.9 Å². The van der Waals surface area contributed by atoms with E-state index in [4.69, 9.17) is 11.6 Å². The Morgan fingerprint density at radius 2 is 1.95 bits per heavy atom. The van der Waals surface area contributed by atoms with E-state index in [0.717, 1.165) is 16.5 Å². The number of amides is 1. The van der Waals surface area contributed by atoms with Crippen molar-refractivity contribution in [1.29, 1.82) is 0 Å². The van der Waals surface area contributed by atoms with Crippen LogP contribution in [0.5, 0.6) is 0 Å². The van der Waals surface area contributed by atoms with Gasteiger partial charge in [0.25, 0.3) is 5.91 Å². The van der Waals surface area contributed by atoms with E-state index in [9.17, 15) is 4.79 Å². The quantitative estimate of drug-likeness (QED) is 0.807. The van der Waals surface area contributed by atoms with Gasteiger partial charge in [-0.25, -0.2) is 9.97 Å². The maximum Gasteiger partial charge on any atom is 0.271 e. The second-order valence-corrected chi connectivity index (χ2v) is 4.79. The van der Waals surface area contributed by atoms with Crippen LogP contribution in [0.25, 0.3) is 10.9 Å². The van der Waals surface area contributed by atoms with Gasteiger partial charge in [0.15, 0.2) is 0 Å². The number of halogens is 1. The molecule has 0 spiro atoms. The third-order valence-corrected chi connectivity index (χ3v) is 3.20. The molecule has 0 unspecified atom stereocenters. The molecule has 104 valence electrons. The highest BCUT2D eigenvalue weighted by Crippen LogP contribution is 2.15. The Bertz CT molecular complexity index is 784. The molecule has 6 heteroatoms. The molecule has 21 heavy (non-hydrogen) atoms. The lowest BCUT2D eigenvalue weighted by molar-refractivity contribution is 0.0945. The molecular formula is C15H11ClN4O. The van der Waals surface area contributed by atoms with Crippen LogP contribution in [0.15, 0.2) is 48.9 Å². The summed E-state index contributed by atoms with van der Waals surface area (Å²) >= 11 is 5.64. The number of hydrogen-bond donors (Lipinski definition) is 1. The number of aromatic nitrogens is 3. The molecule has 0 aliphatic carbocycles. The van der Waals surface area contributed by atoms with E-state index in [1.807, 2.05) is 30.3 Å². The van der Waals surface area contributed by atoms with E-state index in [0.29, 0.717) is 6.54 Å². The summed E-state index contributed by atoms with van der Waals surface area (Å²) in [4.78, 5) is 24.1. The van der Waals surface area contributed by atoms with E-state index < -0.39 is 0 Å². The number of carbonyl (C=O) groups excluding carboxylic acids is 1. The first-order valence-corrected chi connectivity index (χ1v) is 6.70. The molecular weight excluding hydrogens is 288 g/mol. The highest BCUT2D eigenvalue weighted by atomic mass is 35.5. The third-order valence-electron chi connectivity index (χ3n) is 3.01. The summed E-state index contributed by atoms with van der Waals surface area (Å²) in [6.45, 7) is 0.373. The molecule has 1 amide bonds. The first-order valence-electron chi connectivity index (χ1n) is 6.32. The molecule has 0 bridgehead atoms. The molecule has 0 atom stereocenters. The average Bonchev–Trinajstić information content (AvgIpc) is 2.53. The van der Waals surface area contributed by atoms with E-state index in [-0.39, 0.29) is 16.8 Å². The molecule has 0 saturated carbocycles. The fourth-order valence-corrected chi connectivity index (χ4v) is 2.10. The molecule has 0 radical (unpaired) electrons. The number of nitrogens with one attached hydrogen (secondary N) is 1. The standard InChI is InChI=1S/C15H11ClN4O/c16-13-9-18-12(8-19-13)15(21)20-7-11-4-1-3-10-5-2-6-17-14(10)11/h1-6,8-9H,7H2,(H,20,21). The van der Waals surface area contributed by atoms with Crippen molar-refractivity contribution in [2.45, 2.75) is 6.54 Å². The molecule has 0 fully saturated rings. The van der Waals surface area contributed by atoms with Gasteiger partial charge in [-0.3, -0.25) is 9.78 Å². The fourth-order valence-electron chi connectivity index (χ4n) is 2.01. The lowest BCUT2D eigenvalue weighted by atomic mass is 10.1. The van der Waals surface area contributed by atoms with Crippen molar-refractivity contribution in [2.24, 2.45) is 0 Å². The van der Waals surface area contributed by atoms with Crippen LogP contribution in [0, 0.1) is 0 Å². The smallest absolute Gasteiger partial charge is 0.271 e. The predicted molar refractivity (Wildman–Crippen MR) is 80.0 cm³/mol. The molecule has 0 saturated heterocycles. The van der Waals surface area contributed by atoms with Crippen molar-refractivity contribution in [1.82, 2.24) is 20.3 Å². The largest absolute Gasteiger partial charge is 0.346 e. The highest BCUT2D eigenvalue weighted by molar-refractivity contribution is 6.29. The second kappa shape index (κ2) is 5.85. The van der Waals surface area contributed by atoms with Gasteiger partial charge in [-0.1, -0.05) is 35.9 Å². The van der Waals surface area contributed by atoms with E-state index in [1.54, 1.807) is 6.20 Å². The summed E-state index contributed by atoms with van der Waals surface area (Å²) in [5, 5.41) is 4.09. The summed E-state index contributed by atoms with van der Waals surface area (Å²) in [6.07, 6.45) is 4.42. The SMILES string of the molecule is O=C(NCc1cccc2cccnc12)c1cnc(Cl)cn1.